The molecule has 0 aliphatic heterocycles. The fraction of sp³-hybridized carbons (Fsp3) is 0.182. The molecule has 0 saturated heterocycles. The van der Waals surface area contributed by atoms with Crippen LogP contribution in [0.2, 0.25) is 0 Å². The molecule has 1 heterocycles. The molecular formula is C11H11FN2O3S. The zero-order chi connectivity index (χ0) is 13.2. The second kappa shape index (κ2) is 4.77. The van der Waals surface area contributed by atoms with E-state index in [4.69, 9.17) is 0 Å². The van der Waals surface area contributed by atoms with Crippen LogP contribution in [0.4, 0.5) is 10.1 Å². The van der Waals surface area contributed by atoms with E-state index in [0.717, 1.165) is 6.07 Å². The van der Waals surface area contributed by atoms with Gasteiger partial charge in [0.15, 0.2) is 0 Å². The summed E-state index contributed by atoms with van der Waals surface area (Å²) in [5.74, 6) is -0.820. The SMILES string of the molecule is Cc1ccc(F)cc1NS(=O)(=O)Cc1ccon1. The third kappa shape index (κ3) is 3.07. The lowest BCUT2D eigenvalue weighted by Crippen LogP contribution is -2.16. The van der Waals surface area contributed by atoms with Gasteiger partial charge in [-0.05, 0) is 24.6 Å². The van der Waals surface area contributed by atoms with E-state index in [-0.39, 0.29) is 17.1 Å². The largest absolute Gasteiger partial charge is 0.364 e. The summed E-state index contributed by atoms with van der Waals surface area (Å²) in [6.07, 6.45) is 1.29. The Balaban J connectivity index is 2.20. The lowest BCUT2D eigenvalue weighted by atomic mass is 10.2. The van der Waals surface area contributed by atoms with Gasteiger partial charge in [0.2, 0.25) is 10.0 Å². The highest BCUT2D eigenvalue weighted by Gasteiger charge is 2.15. The molecule has 0 saturated carbocycles. The number of hydrogen-bond donors (Lipinski definition) is 1. The van der Waals surface area contributed by atoms with Gasteiger partial charge in [0.1, 0.15) is 23.5 Å². The topological polar surface area (TPSA) is 72.2 Å². The maximum Gasteiger partial charge on any atom is 0.238 e. The minimum absolute atomic E-state index is 0.221. The highest BCUT2D eigenvalue weighted by atomic mass is 32.2. The van der Waals surface area contributed by atoms with Crippen molar-refractivity contribution in [3.8, 4) is 0 Å². The number of aromatic nitrogens is 1. The van der Waals surface area contributed by atoms with Crippen LogP contribution in [0.3, 0.4) is 0 Å². The van der Waals surface area contributed by atoms with Gasteiger partial charge < -0.3 is 4.52 Å². The number of halogens is 1. The van der Waals surface area contributed by atoms with Crippen molar-refractivity contribution in [1.29, 1.82) is 0 Å². The second-order valence-corrected chi connectivity index (χ2v) is 5.53. The first-order valence-electron chi connectivity index (χ1n) is 5.12. The molecule has 0 spiro atoms. The summed E-state index contributed by atoms with van der Waals surface area (Å²) < 4.78 is 43.5. The average molecular weight is 270 g/mol. The van der Waals surface area contributed by atoms with Gasteiger partial charge in [0.05, 0.1) is 5.69 Å². The summed E-state index contributed by atoms with van der Waals surface area (Å²) in [4.78, 5) is 0. The Labute approximate surface area is 104 Å². The van der Waals surface area contributed by atoms with Gasteiger partial charge in [-0.2, -0.15) is 0 Å². The maximum absolute atomic E-state index is 13.0. The van der Waals surface area contributed by atoms with E-state index in [2.05, 4.69) is 14.4 Å². The summed E-state index contributed by atoms with van der Waals surface area (Å²) in [5, 5.41) is 3.51. The van der Waals surface area contributed by atoms with E-state index in [0.29, 0.717) is 5.56 Å². The number of benzene rings is 1. The standard InChI is InChI=1S/C11H11FN2O3S/c1-8-2-3-9(12)6-11(8)14-18(15,16)7-10-4-5-17-13-10/h2-6,14H,7H2,1H3. The lowest BCUT2D eigenvalue weighted by molar-refractivity contribution is 0.414. The molecule has 7 heteroatoms. The predicted molar refractivity (Wildman–Crippen MR) is 63.9 cm³/mol. The number of sulfonamides is 1. The fourth-order valence-electron chi connectivity index (χ4n) is 1.41. The van der Waals surface area contributed by atoms with Crippen LogP contribution in [-0.2, 0) is 15.8 Å². The Kier molecular flexibility index (Phi) is 3.33. The van der Waals surface area contributed by atoms with Gasteiger partial charge in [-0.25, -0.2) is 12.8 Å². The molecule has 2 rings (SSSR count). The fourth-order valence-corrected chi connectivity index (χ4v) is 2.58. The van der Waals surface area contributed by atoms with Crippen molar-refractivity contribution in [1.82, 2.24) is 5.16 Å². The third-order valence-electron chi connectivity index (χ3n) is 2.29. The van der Waals surface area contributed by atoms with Crippen LogP contribution in [0.15, 0.2) is 35.1 Å². The summed E-state index contributed by atoms with van der Waals surface area (Å²) in [7, 11) is -3.64. The minimum atomic E-state index is -3.64. The molecule has 1 N–H and O–H groups in total. The predicted octanol–water partition coefficient (Wildman–Crippen LogP) is 2.06. The van der Waals surface area contributed by atoms with E-state index in [1.54, 1.807) is 6.92 Å². The molecule has 0 amide bonds. The van der Waals surface area contributed by atoms with Gasteiger partial charge in [-0.3, -0.25) is 4.72 Å². The molecule has 5 nitrogen and oxygen atoms in total. The number of anilines is 1. The van der Waals surface area contributed by atoms with Crippen LogP contribution in [0.25, 0.3) is 0 Å². The summed E-state index contributed by atoms with van der Waals surface area (Å²) >= 11 is 0. The Morgan fingerprint density at radius 1 is 1.39 bits per heavy atom. The minimum Gasteiger partial charge on any atom is -0.364 e. The van der Waals surface area contributed by atoms with Crippen molar-refractivity contribution >= 4 is 15.7 Å². The van der Waals surface area contributed by atoms with Crippen LogP contribution in [0, 0.1) is 12.7 Å². The van der Waals surface area contributed by atoms with E-state index in [9.17, 15) is 12.8 Å². The maximum atomic E-state index is 13.0. The molecule has 0 atom stereocenters. The normalized spacial score (nSPS) is 11.4. The Hall–Kier alpha value is -1.89. The van der Waals surface area contributed by atoms with Crippen LogP contribution in [0.1, 0.15) is 11.3 Å². The van der Waals surface area contributed by atoms with Crippen LogP contribution in [0.5, 0.6) is 0 Å². The highest BCUT2D eigenvalue weighted by molar-refractivity contribution is 7.91. The van der Waals surface area contributed by atoms with Crippen LogP contribution < -0.4 is 4.72 Å². The second-order valence-electron chi connectivity index (χ2n) is 3.81. The number of aryl methyl sites for hydroxylation is 1. The van der Waals surface area contributed by atoms with Crippen LogP contribution in [-0.4, -0.2) is 13.6 Å². The van der Waals surface area contributed by atoms with Crippen molar-refractivity contribution < 1.29 is 17.3 Å². The van der Waals surface area contributed by atoms with E-state index in [1.807, 2.05) is 0 Å². The van der Waals surface area contributed by atoms with E-state index in [1.165, 1.54) is 24.5 Å². The first-order valence-corrected chi connectivity index (χ1v) is 6.77. The first-order chi connectivity index (χ1) is 8.46. The number of nitrogens with one attached hydrogen (secondary N) is 1. The average Bonchev–Trinajstić information content (AvgIpc) is 2.75. The van der Waals surface area contributed by atoms with Gasteiger partial charge >= 0.3 is 0 Å². The van der Waals surface area contributed by atoms with Gasteiger partial charge in [-0.15, -0.1) is 0 Å². The molecule has 1 aromatic carbocycles. The number of rotatable bonds is 4. The first kappa shape index (κ1) is 12.6. The summed E-state index contributed by atoms with van der Waals surface area (Å²) in [6, 6.07) is 5.36. The molecule has 96 valence electrons. The number of hydrogen-bond acceptors (Lipinski definition) is 4. The Morgan fingerprint density at radius 3 is 2.83 bits per heavy atom. The van der Waals surface area contributed by atoms with Crippen molar-refractivity contribution in [3.63, 3.8) is 0 Å². The zero-order valence-corrected chi connectivity index (χ0v) is 10.4. The molecule has 0 radical (unpaired) electrons. The number of nitrogens with zero attached hydrogens (tertiary/aromatic N) is 1. The molecule has 0 bridgehead atoms. The molecule has 2 aromatic rings. The van der Waals surface area contributed by atoms with Gasteiger partial charge in [0, 0.05) is 6.07 Å². The van der Waals surface area contributed by atoms with E-state index >= 15 is 0 Å². The Morgan fingerprint density at radius 2 is 2.17 bits per heavy atom. The summed E-state index contributed by atoms with van der Waals surface area (Å²) in [6.45, 7) is 1.69. The van der Waals surface area contributed by atoms with Crippen molar-refractivity contribution in [2.45, 2.75) is 12.7 Å². The lowest BCUT2D eigenvalue weighted by Gasteiger charge is -2.09. The monoisotopic (exact) mass is 270 g/mol. The van der Waals surface area contributed by atoms with Crippen LogP contribution >= 0.6 is 0 Å². The Bertz CT molecular complexity index is 638. The third-order valence-corrected chi connectivity index (χ3v) is 3.50. The van der Waals surface area contributed by atoms with Crippen molar-refractivity contribution in [2.75, 3.05) is 4.72 Å². The quantitative estimate of drug-likeness (QED) is 0.923. The molecule has 0 fully saturated rings. The zero-order valence-electron chi connectivity index (χ0n) is 9.55. The van der Waals surface area contributed by atoms with E-state index < -0.39 is 15.8 Å². The van der Waals surface area contributed by atoms with Gasteiger partial charge in [-0.1, -0.05) is 11.2 Å². The highest BCUT2D eigenvalue weighted by Crippen LogP contribution is 2.18. The van der Waals surface area contributed by atoms with Gasteiger partial charge in [0.25, 0.3) is 0 Å². The molecule has 1 aromatic heterocycles. The molecule has 18 heavy (non-hydrogen) atoms. The van der Waals surface area contributed by atoms with Crippen molar-refractivity contribution in [3.05, 3.63) is 47.6 Å². The molecule has 0 aliphatic carbocycles. The molecule has 0 unspecified atom stereocenters. The molecule has 0 aliphatic rings. The molecular weight excluding hydrogens is 259 g/mol. The summed E-state index contributed by atoms with van der Waals surface area (Å²) in [5.41, 5.74) is 1.15. The smallest absolute Gasteiger partial charge is 0.238 e. The van der Waals surface area contributed by atoms with Crippen molar-refractivity contribution in [2.24, 2.45) is 0 Å².